The molecule has 4 nitrogen and oxygen atoms in total. The van der Waals surface area contributed by atoms with E-state index >= 15 is 0 Å². The van der Waals surface area contributed by atoms with Gasteiger partial charge in [-0.1, -0.05) is 52.5 Å². The topological polar surface area (TPSA) is 55.4 Å². The van der Waals surface area contributed by atoms with E-state index in [1.165, 1.54) is 18.2 Å². The number of hydrogen-bond donors (Lipinski definition) is 1. The molecule has 2 aromatic carbocycles. The van der Waals surface area contributed by atoms with Gasteiger partial charge in [0.15, 0.2) is 6.61 Å². The first-order chi connectivity index (χ1) is 11.8. The lowest BCUT2D eigenvalue weighted by atomic mass is 10.2. The van der Waals surface area contributed by atoms with E-state index in [0.717, 1.165) is 0 Å². The summed E-state index contributed by atoms with van der Waals surface area (Å²) in [6.07, 6.45) is 2.64. The van der Waals surface area contributed by atoms with Crippen LogP contribution in [0.25, 0.3) is 6.08 Å². The predicted molar refractivity (Wildman–Crippen MR) is 102 cm³/mol. The molecule has 2 rings (SSSR count). The number of hydrogen-bond acceptors (Lipinski definition) is 3. The zero-order valence-corrected chi connectivity index (χ0v) is 15.6. The van der Waals surface area contributed by atoms with Crippen molar-refractivity contribution < 1.29 is 14.3 Å². The van der Waals surface area contributed by atoms with Gasteiger partial charge in [-0.15, -0.1) is 0 Å². The van der Waals surface area contributed by atoms with Gasteiger partial charge in [0.25, 0.3) is 5.91 Å². The van der Waals surface area contributed by atoms with Crippen LogP contribution in [0.2, 0.25) is 20.1 Å². The molecular weight excluding hydrogens is 408 g/mol. The Balaban J connectivity index is 1.85. The van der Waals surface area contributed by atoms with Crippen LogP contribution in [0.3, 0.4) is 0 Å². The third kappa shape index (κ3) is 6.25. The highest BCUT2D eigenvalue weighted by Gasteiger charge is 2.07. The SMILES string of the molecule is O=C(COC(=O)C=Cc1ccc(Cl)cc1Cl)Nc1ccc(Cl)c(Cl)c1. The van der Waals surface area contributed by atoms with Gasteiger partial charge in [-0.2, -0.15) is 0 Å². The van der Waals surface area contributed by atoms with Crippen molar-refractivity contribution in [3.05, 3.63) is 68.1 Å². The molecule has 2 aromatic rings. The minimum absolute atomic E-state index is 0.305. The van der Waals surface area contributed by atoms with Crippen molar-refractivity contribution in [3.63, 3.8) is 0 Å². The van der Waals surface area contributed by atoms with Crippen LogP contribution in [-0.4, -0.2) is 18.5 Å². The number of amides is 1. The second-order valence-electron chi connectivity index (χ2n) is 4.78. The molecule has 25 heavy (non-hydrogen) atoms. The Morgan fingerprint density at radius 1 is 0.960 bits per heavy atom. The number of benzene rings is 2. The fourth-order valence-electron chi connectivity index (χ4n) is 1.75. The van der Waals surface area contributed by atoms with Gasteiger partial charge in [-0.25, -0.2) is 4.79 Å². The summed E-state index contributed by atoms with van der Waals surface area (Å²) in [7, 11) is 0. The maximum Gasteiger partial charge on any atom is 0.331 e. The van der Waals surface area contributed by atoms with Crippen LogP contribution in [0.15, 0.2) is 42.5 Å². The molecule has 0 bridgehead atoms. The summed E-state index contributed by atoms with van der Waals surface area (Å²) in [5.74, 6) is -1.19. The fraction of sp³-hybridized carbons (Fsp3) is 0.0588. The molecule has 1 N–H and O–H groups in total. The first-order valence-electron chi connectivity index (χ1n) is 6.90. The van der Waals surface area contributed by atoms with Crippen LogP contribution in [0.4, 0.5) is 5.69 Å². The quantitative estimate of drug-likeness (QED) is 0.515. The van der Waals surface area contributed by atoms with E-state index in [9.17, 15) is 9.59 Å². The lowest BCUT2D eigenvalue weighted by Gasteiger charge is -2.06. The van der Waals surface area contributed by atoms with Crippen molar-refractivity contribution in [2.75, 3.05) is 11.9 Å². The summed E-state index contributed by atoms with van der Waals surface area (Å²) < 4.78 is 4.85. The van der Waals surface area contributed by atoms with Gasteiger partial charge in [0.05, 0.1) is 10.0 Å². The molecule has 0 atom stereocenters. The summed E-state index contributed by atoms with van der Waals surface area (Å²) in [6.45, 7) is -0.447. The summed E-state index contributed by atoms with van der Waals surface area (Å²) in [5.41, 5.74) is 1.04. The largest absolute Gasteiger partial charge is 0.452 e. The Morgan fingerprint density at radius 3 is 2.40 bits per heavy atom. The molecule has 0 aliphatic rings. The Bertz CT molecular complexity index is 837. The summed E-state index contributed by atoms with van der Waals surface area (Å²) in [5, 5.41) is 4.10. The van der Waals surface area contributed by atoms with Crippen molar-refractivity contribution in [1.29, 1.82) is 0 Å². The minimum Gasteiger partial charge on any atom is -0.452 e. The molecule has 0 saturated heterocycles. The van der Waals surface area contributed by atoms with Crippen LogP contribution < -0.4 is 5.32 Å². The third-order valence-corrected chi connectivity index (χ3v) is 4.21. The van der Waals surface area contributed by atoms with Crippen LogP contribution in [0.5, 0.6) is 0 Å². The Labute approximate surface area is 164 Å². The first kappa shape index (κ1) is 19.6. The summed E-state index contributed by atoms with van der Waals surface area (Å²) in [6, 6.07) is 9.47. The van der Waals surface area contributed by atoms with E-state index in [1.807, 2.05) is 0 Å². The molecule has 0 spiro atoms. The molecule has 130 valence electrons. The highest BCUT2D eigenvalue weighted by atomic mass is 35.5. The van der Waals surface area contributed by atoms with Crippen LogP contribution >= 0.6 is 46.4 Å². The number of rotatable bonds is 5. The lowest BCUT2D eigenvalue weighted by Crippen LogP contribution is -2.20. The monoisotopic (exact) mass is 417 g/mol. The van der Waals surface area contributed by atoms with Crippen LogP contribution in [-0.2, 0) is 14.3 Å². The van der Waals surface area contributed by atoms with Crippen molar-refractivity contribution in [2.45, 2.75) is 0 Å². The second-order valence-corrected chi connectivity index (χ2v) is 6.44. The average Bonchev–Trinajstić information content (AvgIpc) is 2.55. The number of nitrogens with one attached hydrogen (secondary N) is 1. The third-order valence-electron chi connectivity index (χ3n) is 2.91. The molecule has 0 fully saturated rings. The smallest absolute Gasteiger partial charge is 0.331 e. The van der Waals surface area contributed by atoms with Crippen molar-refractivity contribution >= 4 is 70.0 Å². The predicted octanol–water partition coefficient (Wildman–Crippen LogP) is 5.50. The van der Waals surface area contributed by atoms with Crippen molar-refractivity contribution in [3.8, 4) is 0 Å². The molecule has 0 radical (unpaired) electrons. The molecular formula is C17H11Cl4NO3. The molecule has 1 amide bonds. The maximum absolute atomic E-state index is 11.8. The van der Waals surface area contributed by atoms with Gasteiger partial charge >= 0.3 is 5.97 Å². The van der Waals surface area contributed by atoms with Gasteiger partial charge in [-0.05, 0) is 42.0 Å². The molecule has 0 saturated carbocycles. The van der Waals surface area contributed by atoms with Gasteiger partial charge in [0, 0.05) is 21.8 Å². The van der Waals surface area contributed by atoms with E-state index in [2.05, 4.69) is 5.32 Å². The highest BCUT2D eigenvalue weighted by molar-refractivity contribution is 6.42. The Hall–Kier alpha value is -1.72. The van der Waals surface area contributed by atoms with E-state index in [0.29, 0.717) is 31.3 Å². The molecule has 8 heteroatoms. The van der Waals surface area contributed by atoms with Crippen molar-refractivity contribution in [2.24, 2.45) is 0 Å². The Morgan fingerprint density at radius 2 is 1.72 bits per heavy atom. The van der Waals surface area contributed by atoms with E-state index < -0.39 is 18.5 Å². The molecule has 0 unspecified atom stereocenters. The lowest BCUT2D eigenvalue weighted by molar-refractivity contribution is -0.142. The normalized spacial score (nSPS) is 10.7. The van der Waals surface area contributed by atoms with Crippen LogP contribution in [0.1, 0.15) is 5.56 Å². The molecule has 0 aliphatic heterocycles. The van der Waals surface area contributed by atoms with Gasteiger partial charge < -0.3 is 10.1 Å². The molecule has 0 heterocycles. The number of halogens is 4. The first-order valence-corrected chi connectivity index (χ1v) is 8.41. The van der Waals surface area contributed by atoms with Crippen molar-refractivity contribution in [1.82, 2.24) is 0 Å². The van der Waals surface area contributed by atoms with Gasteiger partial charge in [0.1, 0.15) is 0 Å². The number of ether oxygens (including phenoxy) is 1. The van der Waals surface area contributed by atoms with Crippen LogP contribution in [0, 0.1) is 0 Å². The number of carbonyl (C=O) groups excluding carboxylic acids is 2. The summed E-state index contributed by atoms with van der Waals surface area (Å²) >= 11 is 23.4. The maximum atomic E-state index is 11.8. The second kappa shape index (κ2) is 9.11. The van der Waals surface area contributed by atoms with Gasteiger partial charge in [0.2, 0.25) is 0 Å². The fourth-order valence-corrected chi connectivity index (χ4v) is 2.52. The standard InChI is InChI=1S/C17H11Cl4NO3/c18-11-3-1-10(14(20)7-11)2-6-17(24)25-9-16(23)22-12-4-5-13(19)15(21)8-12/h1-8H,9H2,(H,22,23). The van der Waals surface area contributed by atoms with E-state index in [1.54, 1.807) is 30.3 Å². The number of esters is 1. The average molecular weight is 419 g/mol. The summed E-state index contributed by atoms with van der Waals surface area (Å²) in [4.78, 5) is 23.4. The zero-order chi connectivity index (χ0) is 18.4. The zero-order valence-electron chi connectivity index (χ0n) is 12.6. The van der Waals surface area contributed by atoms with E-state index in [-0.39, 0.29) is 0 Å². The van der Waals surface area contributed by atoms with E-state index in [4.69, 9.17) is 51.1 Å². The minimum atomic E-state index is -0.685. The highest BCUT2D eigenvalue weighted by Crippen LogP contribution is 2.25. The Kier molecular flexibility index (Phi) is 7.14. The number of carbonyl (C=O) groups is 2. The number of anilines is 1. The molecule has 0 aromatic heterocycles. The molecule has 0 aliphatic carbocycles. The van der Waals surface area contributed by atoms with Gasteiger partial charge in [-0.3, -0.25) is 4.79 Å².